The Kier molecular flexibility index (Phi) is 14.9. The molecule has 0 N–H and O–H groups in total. The molecule has 0 radical (unpaired) electrons. The minimum atomic E-state index is -0.750. The van der Waals surface area contributed by atoms with Gasteiger partial charge in [0.15, 0.2) is 5.82 Å². The molecule has 0 saturated carbocycles. The van der Waals surface area contributed by atoms with Gasteiger partial charge in [-0.25, -0.2) is 19.2 Å². The summed E-state index contributed by atoms with van der Waals surface area (Å²) in [5.74, 6) is -0.0463. The molecule has 0 amide bonds. The van der Waals surface area contributed by atoms with Crippen molar-refractivity contribution in [2.75, 3.05) is 6.61 Å². The zero-order valence-electron chi connectivity index (χ0n) is 25.0. The van der Waals surface area contributed by atoms with Gasteiger partial charge in [-0.1, -0.05) is 90.9 Å². The smallest absolute Gasteiger partial charge is 0.346 e. The quantitative estimate of drug-likeness (QED) is 0.0779. The third kappa shape index (κ3) is 12.0. The van der Waals surface area contributed by atoms with Gasteiger partial charge in [-0.3, -0.25) is 0 Å². The van der Waals surface area contributed by atoms with Crippen LogP contribution >= 0.6 is 0 Å². The number of halogens is 1. The van der Waals surface area contributed by atoms with Gasteiger partial charge in [-0.2, -0.15) is 0 Å². The number of aromatic nitrogens is 2. The fraction of sp³-hybridized carbons (Fsp3) is 0.514. The third-order valence-electron chi connectivity index (χ3n) is 7.27. The number of rotatable bonds is 20. The maximum Gasteiger partial charge on any atom is 0.346 e. The average Bonchev–Trinajstić information content (AvgIpc) is 2.99. The van der Waals surface area contributed by atoms with Gasteiger partial charge in [0, 0.05) is 24.0 Å². The third-order valence-corrected chi connectivity index (χ3v) is 7.27. The van der Waals surface area contributed by atoms with Gasteiger partial charge in [0.25, 0.3) is 0 Å². The van der Waals surface area contributed by atoms with E-state index in [-0.39, 0.29) is 5.56 Å². The van der Waals surface area contributed by atoms with Crippen molar-refractivity contribution in [3.63, 3.8) is 0 Å². The van der Waals surface area contributed by atoms with Crippen molar-refractivity contribution >= 4 is 5.97 Å². The SMILES string of the molecule is CCCCCCCCCCOc1ccc(C(=O)Oc2ccc(-c3ncc(CCCCCCCC)cn3)cc2)c(F)c1. The lowest BCUT2D eigenvalue weighted by molar-refractivity contribution is 0.0730. The molecule has 0 aliphatic heterocycles. The highest BCUT2D eigenvalue weighted by molar-refractivity contribution is 5.91. The molecule has 0 spiro atoms. The van der Waals surface area contributed by atoms with Crippen LogP contribution in [0.15, 0.2) is 54.9 Å². The molecule has 3 aromatic rings. The second-order valence-electron chi connectivity index (χ2n) is 10.8. The Labute approximate surface area is 245 Å². The zero-order valence-corrected chi connectivity index (χ0v) is 25.0. The van der Waals surface area contributed by atoms with Crippen LogP contribution in [0.1, 0.15) is 120 Å². The minimum Gasteiger partial charge on any atom is -0.493 e. The van der Waals surface area contributed by atoms with E-state index in [9.17, 15) is 9.18 Å². The zero-order chi connectivity index (χ0) is 29.1. The first kappa shape index (κ1) is 32.2. The number of hydrogen-bond acceptors (Lipinski definition) is 5. The first-order valence-electron chi connectivity index (χ1n) is 15.7. The topological polar surface area (TPSA) is 61.3 Å². The minimum absolute atomic E-state index is 0.127. The largest absolute Gasteiger partial charge is 0.493 e. The Hall–Kier alpha value is -3.28. The molecule has 0 saturated heterocycles. The van der Waals surface area contributed by atoms with E-state index >= 15 is 0 Å². The van der Waals surface area contributed by atoms with Crippen LogP contribution in [-0.4, -0.2) is 22.5 Å². The Morgan fingerprint density at radius 3 is 1.88 bits per heavy atom. The molecular formula is C35H47FN2O3. The number of carbonyl (C=O) groups is 1. The van der Waals surface area contributed by atoms with E-state index in [0.717, 1.165) is 36.8 Å². The average molecular weight is 563 g/mol. The van der Waals surface area contributed by atoms with E-state index in [0.29, 0.717) is 23.9 Å². The Morgan fingerprint density at radius 2 is 1.27 bits per heavy atom. The van der Waals surface area contributed by atoms with Gasteiger partial charge in [0.05, 0.1) is 12.2 Å². The van der Waals surface area contributed by atoms with Crippen LogP contribution in [0.3, 0.4) is 0 Å². The summed E-state index contributed by atoms with van der Waals surface area (Å²) in [4.78, 5) is 21.6. The molecule has 41 heavy (non-hydrogen) atoms. The number of carbonyl (C=O) groups excluding carboxylic acids is 1. The highest BCUT2D eigenvalue weighted by Crippen LogP contribution is 2.23. The molecule has 2 aromatic carbocycles. The monoisotopic (exact) mass is 562 g/mol. The van der Waals surface area contributed by atoms with Gasteiger partial charge in [-0.05, 0) is 61.2 Å². The van der Waals surface area contributed by atoms with Gasteiger partial charge in [0.1, 0.15) is 17.3 Å². The summed E-state index contributed by atoms with van der Waals surface area (Å²) in [5, 5.41) is 0. The highest BCUT2D eigenvalue weighted by Gasteiger charge is 2.15. The lowest BCUT2D eigenvalue weighted by atomic mass is 10.1. The second kappa shape index (κ2) is 19.0. The van der Waals surface area contributed by atoms with E-state index in [4.69, 9.17) is 9.47 Å². The van der Waals surface area contributed by atoms with E-state index in [1.165, 1.54) is 82.8 Å². The molecule has 1 aromatic heterocycles. The molecule has 0 fully saturated rings. The van der Waals surface area contributed by atoms with Crippen LogP contribution in [-0.2, 0) is 6.42 Å². The highest BCUT2D eigenvalue weighted by atomic mass is 19.1. The van der Waals surface area contributed by atoms with Crippen molar-refractivity contribution in [1.29, 1.82) is 0 Å². The standard InChI is InChI=1S/C35H47FN2O3/c1-3-5-7-9-11-12-14-16-24-40-31-22-23-32(33(36)25-31)35(39)41-30-20-18-29(19-21-30)34-37-26-28(27-38-34)17-15-13-10-8-6-4-2/h18-23,25-27H,3-17,24H2,1-2H3. The van der Waals surface area contributed by atoms with Crippen molar-refractivity contribution < 1.29 is 18.7 Å². The molecular weight excluding hydrogens is 515 g/mol. The summed E-state index contributed by atoms with van der Waals surface area (Å²) in [5.41, 5.74) is 1.83. The lowest BCUT2D eigenvalue weighted by Gasteiger charge is -2.09. The normalized spacial score (nSPS) is 11.0. The van der Waals surface area contributed by atoms with E-state index in [2.05, 4.69) is 23.8 Å². The van der Waals surface area contributed by atoms with Gasteiger partial charge in [-0.15, -0.1) is 0 Å². The van der Waals surface area contributed by atoms with Crippen LogP contribution in [0, 0.1) is 5.82 Å². The maximum absolute atomic E-state index is 14.6. The fourth-order valence-corrected chi connectivity index (χ4v) is 4.75. The van der Waals surface area contributed by atoms with E-state index in [1.54, 1.807) is 30.3 Å². The Balaban J connectivity index is 1.41. The van der Waals surface area contributed by atoms with Gasteiger partial charge >= 0.3 is 5.97 Å². The Morgan fingerprint density at radius 1 is 0.707 bits per heavy atom. The predicted octanol–water partition coefficient (Wildman–Crippen LogP) is 9.92. The molecule has 1 heterocycles. The van der Waals surface area contributed by atoms with E-state index < -0.39 is 11.8 Å². The summed E-state index contributed by atoms with van der Waals surface area (Å²) in [6.45, 7) is 4.99. The van der Waals surface area contributed by atoms with Gasteiger partial charge in [0.2, 0.25) is 0 Å². The fourth-order valence-electron chi connectivity index (χ4n) is 4.75. The van der Waals surface area contributed by atoms with Crippen molar-refractivity contribution in [1.82, 2.24) is 9.97 Å². The summed E-state index contributed by atoms with van der Waals surface area (Å²) >= 11 is 0. The van der Waals surface area contributed by atoms with Crippen LogP contribution < -0.4 is 9.47 Å². The van der Waals surface area contributed by atoms with E-state index in [1.807, 2.05) is 12.4 Å². The number of hydrogen-bond donors (Lipinski definition) is 0. The number of aryl methyl sites for hydroxylation is 1. The van der Waals surface area contributed by atoms with Crippen molar-refractivity contribution in [3.05, 3.63) is 71.8 Å². The molecule has 3 rings (SSSR count). The lowest BCUT2D eigenvalue weighted by Crippen LogP contribution is -2.11. The van der Waals surface area contributed by atoms with Crippen LogP contribution in [0.5, 0.6) is 11.5 Å². The van der Waals surface area contributed by atoms with Crippen molar-refractivity contribution in [2.45, 2.75) is 110 Å². The first-order chi connectivity index (χ1) is 20.1. The number of unbranched alkanes of at least 4 members (excludes halogenated alkanes) is 12. The molecule has 0 unspecified atom stereocenters. The molecule has 0 bridgehead atoms. The predicted molar refractivity (Wildman–Crippen MR) is 164 cm³/mol. The number of benzene rings is 2. The van der Waals surface area contributed by atoms with Crippen LogP contribution in [0.2, 0.25) is 0 Å². The summed E-state index contributed by atoms with van der Waals surface area (Å²) < 4.78 is 25.7. The van der Waals surface area contributed by atoms with Crippen LogP contribution in [0.25, 0.3) is 11.4 Å². The summed E-state index contributed by atoms with van der Waals surface area (Å²) in [6.07, 6.45) is 22.0. The van der Waals surface area contributed by atoms with Crippen molar-refractivity contribution in [2.24, 2.45) is 0 Å². The number of ether oxygens (including phenoxy) is 2. The molecule has 5 nitrogen and oxygen atoms in total. The molecule has 222 valence electrons. The summed E-state index contributed by atoms with van der Waals surface area (Å²) in [7, 11) is 0. The maximum atomic E-state index is 14.6. The number of nitrogens with zero attached hydrogens (tertiary/aromatic N) is 2. The first-order valence-corrected chi connectivity index (χ1v) is 15.7. The number of esters is 1. The Bertz CT molecular complexity index is 1150. The molecule has 6 heteroatoms. The summed E-state index contributed by atoms with van der Waals surface area (Å²) in [6, 6.07) is 11.2. The van der Waals surface area contributed by atoms with Crippen molar-refractivity contribution in [3.8, 4) is 22.9 Å². The van der Waals surface area contributed by atoms with Gasteiger partial charge < -0.3 is 9.47 Å². The molecule has 0 aliphatic carbocycles. The molecule has 0 aliphatic rings. The van der Waals surface area contributed by atoms with Crippen LogP contribution in [0.4, 0.5) is 4.39 Å². The molecule has 0 atom stereocenters. The second-order valence-corrected chi connectivity index (χ2v) is 10.8.